The zero-order chi connectivity index (χ0) is 17.6. The van der Waals surface area contributed by atoms with Crippen LogP contribution in [0.4, 0.5) is 0 Å². The molecule has 0 spiro atoms. The van der Waals surface area contributed by atoms with Gasteiger partial charge in [0.25, 0.3) is 0 Å². The van der Waals surface area contributed by atoms with Crippen molar-refractivity contribution in [2.45, 2.75) is 45.4 Å². The predicted octanol–water partition coefficient (Wildman–Crippen LogP) is 4.45. The van der Waals surface area contributed by atoms with Crippen molar-refractivity contribution in [1.82, 2.24) is 9.80 Å². The van der Waals surface area contributed by atoms with Gasteiger partial charge >= 0.3 is 0 Å². The molecule has 138 valence electrons. The molecule has 0 radical (unpaired) electrons. The van der Waals surface area contributed by atoms with Gasteiger partial charge in [-0.3, -0.25) is 4.90 Å². The van der Waals surface area contributed by atoms with Crippen LogP contribution in [0.3, 0.4) is 0 Å². The quantitative estimate of drug-likeness (QED) is 0.693. The number of thiophene rings is 1. The molecule has 2 aromatic rings. The summed E-state index contributed by atoms with van der Waals surface area (Å²) in [5.74, 6) is 2.03. The van der Waals surface area contributed by atoms with Gasteiger partial charge in [0.05, 0.1) is 6.54 Å². The van der Waals surface area contributed by atoms with E-state index in [-0.39, 0.29) is 6.10 Å². The molecule has 0 bridgehead atoms. The minimum atomic E-state index is 0.151. The number of rotatable bonds is 8. The molecule has 0 unspecified atom stereocenters. The molecule has 5 heteroatoms. The summed E-state index contributed by atoms with van der Waals surface area (Å²) >= 11 is 1.88. The van der Waals surface area contributed by atoms with Crippen LogP contribution < -0.4 is 0 Å². The first kappa shape index (κ1) is 18.6. The monoisotopic (exact) mass is 362 g/mol. The highest BCUT2D eigenvalue weighted by molar-refractivity contribution is 7.11. The van der Waals surface area contributed by atoms with Gasteiger partial charge in [-0.25, -0.2) is 0 Å². The third kappa shape index (κ3) is 5.68. The zero-order valence-electron chi connectivity index (χ0n) is 15.7. The van der Waals surface area contributed by atoms with E-state index in [0.717, 1.165) is 50.7 Å². The van der Waals surface area contributed by atoms with Crippen molar-refractivity contribution in [2.24, 2.45) is 0 Å². The van der Waals surface area contributed by atoms with E-state index >= 15 is 0 Å². The summed E-state index contributed by atoms with van der Waals surface area (Å²) in [4.78, 5) is 7.49. The normalized spacial score (nSPS) is 18.4. The van der Waals surface area contributed by atoms with Gasteiger partial charge in [-0.05, 0) is 64.5 Å². The Hall–Kier alpha value is -1.14. The number of likely N-dealkylation sites (N-methyl/N-ethyl adjacent to an activating group) is 1. The van der Waals surface area contributed by atoms with Crippen molar-refractivity contribution in [1.29, 1.82) is 0 Å². The molecule has 25 heavy (non-hydrogen) atoms. The summed E-state index contributed by atoms with van der Waals surface area (Å²) in [6, 6.07) is 8.67. The van der Waals surface area contributed by atoms with Crippen molar-refractivity contribution < 1.29 is 9.15 Å². The zero-order valence-corrected chi connectivity index (χ0v) is 16.5. The Bertz CT molecular complexity index is 644. The number of ether oxygens (including phenoxy) is 1. The Balaban J connectivity index is 1.63. The van der Waals surface area contributed by atoms with Crippen molar-refractivity contribution in [2.75, 3.05) is 33.8 Å². The molecule has 0 aromatic carbocycles. The van der Waals surface area contributed by atoms with Gasteiger partial charge in [-0.2, -0.15) is 0 Å². The van der Waals surface area contributed by atoms with Crippen LogP contribution in [0, 0.1) is 6.92 Å². The molecule has 1 atom stereocenters. The van der Waals surface area contributed by atoms with Crippen LogP contribution >= 0.6 is 11.3 Å². The fraction of sp³-hybridized carbons (Fsp3) is 0.600. The maximum atomic E-state index is 6.13. The molecule has 0 N–H and O–H groups in total. The standard InChI is InChI=1S/C20H30N2O2S/c1-16-7-9-18(25-16)15-22(12-11-21(2)3)14-17-8-10-20(24-17)19-6-4-5-13-23-19/h7-10,19H,4-6,11-15H2,1-3H3/t19-/m1/s1. The largest absolute Gasteiger partial charge is 0.462 e. The van der Waals surface area contributed by atoms with Crippen molar-refractivity contribution in [3.63, 3.8) is 0 Å². The fourth-order valence-electron chi connectivity index (χ4n) is 3.18. The van der Waals surface area contributed by atoms with Crippen LogP contribution in [0.2, 0.25) is 0 Å². The Morgan fingerprint density at radius 2 is 1.96 bits per heavy atom. The molecule has 0 saturated carbocycles. The van der Waals surface area contributed by atoms with E-state index in [2.05, 4.69) is 55.1 Å². The molecule has 0 aliphatic carbocycles. The summed E-state index contributed by atoms with van der Waals surface area (Å²) in [6.45, 7) is 6.91. The molecule has 1 saturated heterocycles. The van der Waals surface area contributed by atoms with Crippen LogP contribution in [0.15, 0.2) is 28.7 Å². The van der Waals surface area contributed by atoms with Crippen molar-refractivity contribution in [3.8, 4) is 0 Å². The molecular weight excluding hydrogens is 332 g/mol. The van der Waals surface area contributed by atoms with Crippen LogP contribution in [-0.4, -0.2) is 43.6 Å². The first-order chi connectivity index (χ1) is 12.1. The minimum Gasteiger partial charge on any atom is -0.462 e. The van der Waals surface area contributed by atoms with Crippen LogP contribution in [0.1, 0.15) is 46.6 Å². The third-order valence-electron chi connectivity index (χ3n) is 4.60. The Labute approximate surface area is 155 Å². The van der Waals surface area contributed by atoms with Gasteiger partial charge in [0.2, 0.25) is 0 Å². The van der Waals surface area contributed by atoms with Crippen LogP contribution in [0.5, 0.6) is 0 Å². The number of hydrogen-bond acceptors (Lipinski definition) is 5. The topological polar surface area (TPSA) is 28.9 Å². The molecule has 1 aliphatic heterocycles. The van der Waals surface area contributed by atoms with Crippen LogP contribution in [0.25, 0.3) is 0 Å². The van der Waals surface area contributed by atoms with E-state index in [1.54, 1.807) is 0 Å². The molecule has 3 rings (SSSR count). The molecule has 4 nitrogen and oxygen atoms in total. The van der Waals surface area contributed by atoms with E-state index in [0.29, 0.717) is 0 Å². The lowest BCUT2D eigenvalue weighted by atomic mass is 10.1. The summed E-state index contributed by atoms with van der Waals surface area (Å²) in [7, 11) is 4.25. The lowest BCUT2D eigenvalue weighted by Crippen LogP contribution is -2.30. The van der Waals surface area contributed by atoms with Crippen molar-refractivity contribution in [3.05, 3.63) is 45.5 Å². The molecule has 2 aromatic heterocycles. The molecule has 1 aliphatic rings. The average molecular weight is 363 g/mol. The highest BCUT2D eigenvalue weighted by Gasteiger charge is 2.20. The predicted molar refractivity (Wildman–Crippen MR) is 103 cm³/mol. The van der Waals surface area contributed by atoms with Gasteiger partial charge in [0, 0.05) is 36.0 Å². The molecular formula is C20H30N2O2S. The van der Waals surface area contributed by atoms with Gasteiger partial charge in [-0.15, -0.1) is 11.3 Å². The lowest BCUT2D eigenvalue weighted by Gasteiger charge is -2.23. The fourth-order valence-corrected chi connectivity index (χ4v) is 4.12. The number of nitrogens with zero attached hydrogens (tertiary/aromatic N) is 2. The van der Waals surface area contributed by atoms with Gasteiger partial charge in [-0.1, -0.05) is 0 Å². The number of hydrogen-bond donors (Lipinski definition) is 0. The highest BCUT2D eigenvalue weighted by Crippen LogP contribution is 2.29. The Morgan fingerprint density at radius 3 is 2.64 bits per heavy atom. The van der Waals surface area contributed by atoms with Gasteiger partial charge in [0.1, 0.15) is 17.6 Å². The lowest BCUT2D eigenvalue weighted by molar-refractivity contribution is 0.000804. The average Bonchev–Trinajstić information content (AvgIpc) is 3.22. The smallest absolute Gasteiger partial charge is 0.133 e. The van der Waals surface area contributed by atoms with Crippen LogP contribution in [-0.2, 0) is 17.8 Å². The second kappa shape index (κ2) is 8.99. The van der Waals surface area contributed by atoms with E-state index < -0.39 is 0 Å². The van der Waals surface area contributed by atoms with E-state index in [4.69, 9.17) is 9.15 Å². The second-order valence-corrected chi connectivity index (χ2v) is 8.56. The number of furan rings is 1. The first-order valence-electron chi connectivity index (χ1n) is 9.23. The van der Waals surface area contributed by atoms with E-state index in [9.17, 15) is 0 Å². The van der Waals surface area contributed by atoms with Crippen molar-refractivity contribution >= 4 is 11.3 Å². The Kier molecular flexibility index (Phi) is 6.70. The molecule has 1 fully saturated rings. The SMILES string of the molecule is Cc1ccc(CN(CCN(C)C)Cc2ccc([C@H]3CCCCO3)o2)s1. The van der Waals surface area contributed by atoms with E-state index in [1.807, 2.05) is 11.3 Å². The summed E-state index contributed by atoms with van der Waals surface area (Å²) in [5.41, 5.74) is 0. The summed E-state index contributed by atoms with van der Waals surface area (Å²) in [5, 5.41) is 0. The molecule has 3 heterocycles. The second-order valence-electron chi connectivity index (χ2n) is 7.19. The maximum absolute atomic E-state index is 6.13. The van der Waals surface area contributed by atoms with E-state index in [1.165, 1.54) is 22.6 Å². The summed E-state index contributed by atoms with van der Waals surface area (Å²) in [6.07, 6.45) is 3.62. The highest BCUT2D eigenvalue weighted by atomic mass is 32.1. The van der Waals surface area contributed by atoms with Gasteiger partial charge in [0.15, 0.2) is 0 Å². The van der Waals surface area contributed by atoms with Gasteiger partial charge < -0.3 is 14.1 Å². The number of aryl methyl sites for hydroxylation is 1. The summed E-state index contributed by atoms with van der Waals surface area (Å²) < 4.78 is 12.0. The Morgan fingerprint density at radius 1 is 1.08 bits per heavy atom. The third-order valence-corrected chi connectivity index (χ3v) is 5.58. The molecule has 0 amide bonds. The minimum absolute atomic E-state index is 0.151. The maximum Gasteiger partial charge on any atom is 0.133 e. The first-order valence-corrected chi connectivity index (χ1v) is 10.0.